The lowest BCUT2D eigenvalue weighted by molar-refractivity contribution is -0.384. The van der Waals surface area contributed by atoms with E-state index in [0.717, 1.165) is 0 Å². The molecular formula is C9H5BrN4O3. The Labute approximate surface area is 103 Å². The normalized spacial score (nSPS) is 10.2. The minimum Gasteiger partial charge on any atom is -0.296 e. The summed E-state index contributed by atoms with van der Waals surface area (Å²) in [7, 11) is 0. The molecule has 0 aliphatic rings. The van der Waals surface area contributed by atoms with Crippen LogP contribution in [-0.4, -0.2) is 26.2 Å². The first-order valence-electron chi connectivity index (χ1n) is 4.43. The van der Waals surface area contributed by atoms with E-state index in [1.165, 1.54) is 29.1 Å². The number of rotatable bonds is 3. The van der Waals surface area contributed by atoms with Crippen LogP contribution in [0.25, 0.3) is 5.69 Å². The van der Waals surface area contributed by atoms with Crippen LogP contribution in [0.1, 0.15) is 10.5 Å². The zero-order chi connectivity index (χ0) is 12.4. The monoisotopic (exact) mass is 296 g/mol. The van der Waals surface area contributed by atoms with Crippen LogP contribution in [0, 0.1) is 10.1 Å². The number of aldehydes is 1. The number of nitrogens with zero attached hydrogens (tertiary/aromatic N) is 4. The van der Waals surface area contributed by atoms with Gasteiger partial charge in [0.2, 0.25) is 0 Å². The maximum absolute atomic E-state index is 10.6. The molecule has 0 aliphatic carbocycles. The molecule has 0 N–H and O–H groups in total. The lowest BCUT2D eigenvalue weighted by Gasteiger charge is -2.02. The number of halogens is 1. The molecule has 0 bridgehead atoms. The second kappa shape index (κ2) is 4.42. The van der Waals surface area contributed by atoms with Crippen molar-refractivity contribution < 1.29 is 9.72 Å². The van der Waals surface area contributed by atoms with Crippen molar-refractivity contribution in [2.24, 2.45) is 0 Å². The molecule has 1 heterocycles. The van der Waals surface area contributed by atoms with E-state index in [1.807, 2.05) is 0 Å². The lowest BCUT2D eigenvalue weighted by atomic mass is 10.3. The number of nitro groups is 1. The Kier molecular flexibility index (Phi) is 2.96. The molecule has 86 valence electrons. The number of aromatic nitrogens is 3. The number of hydrogen-bond acceptors (Lipinski definition) is 5. The van der Waals surface area contributed by atoms with Crippen LogP contribution >= 0.6 is 15.9 Å². The summed E-state index contributed by atoms with van der Waals surface area (Å²) in [4.78, 5) is 20.6. The number of benzene rings is 1. The van der Waals surface area contributed by atoms with E-state index < -0.39 is 4.92 Å². The smallest absolute Gasteiger partial charge is 0.271 e. The minimum atomic E-state index is -0.506. The van der Waals surface area contributed by atoms with Crippen molar-refractivity contribution >= 4 is 27.9 Å². The number of nitro benzene ring substituents is 1. The summed E-state index contributed by atoms with van der Waals surface area (Å²) in [6, 6.07) is 4.24. The Morgan fingerprint density at radius 2 is 2.24 bits per heavy atom. The van der Waals surface area contributed by atoms with Crippen molar-refractivity contribution in [1.82, 2.24) is 15.0 Å². The Morgan fingerprint density at radius 3 is 2.82 bits per heavy atom. The van der Waals surface area contributed by atoms with Gasteiger partial charge in [-0.2, -0.15) is 0 Å². The minimum absolute atomic E-state index is 0.0636. The Hall–Kier alpha value is -2.09. The predicted molar refractivity (Wildman–Crippen MR) is 61.1 cm³/mol. The first-order chi connectivity index (χ1) is 8.11. The van der Waals surface area contributed by atoms with Crippen LogP contribution in [0.2, 0.25) is 0 Å². The van der Waals surface area contributed by atoms with Crippen molar-refractivity contribution in [1.29, 1.82) is 0 Å². The molecule has 0 atom stereocenters. The molecule has 7 nitrogen and oxygen atoms in total. The summed E-state index contributed by atoms with van der Waals surface area (Å²) in [6.07, 6.45) is 1.94. The first kappa shape index (κ1) is 11.4. The summed E-state index contributed by atoms with van der Waals surface area (Å²) < 4.78 is 1.91. The van der Waals surface area contributed by atoms with Gasteiger partial charge in [-0.25, -0.2) is 4.68 Å². The maximum Gasteiger partial charge on any atom is 0.271 e. The molecule has 2 aromatic rings. The maximum atomic E-state index is 10.6. The fourth-order valence-electron chi connectivity index (χ4n) is 1.24. The fourth-order valence-corrected chi connectivity index (χ4v) is 1.67. The van der Waals surface area contributed by atoms with Gasteiger partial charge in [0.1, 0.15) is 5.69 Å². The third kappa shape index (κ3) is 2.21. The first-order valence-corrected chi connectivity index (χ1v) is 5.23. The largest absolute Gasteiger partial charge is 0.296 e. The highest BCUT2D eigenvalue weighted by Crippen LogP contribution is 2.25. The topological polar surface area (TPSA) is 90.9 Å². The molecule has 0 unspecified atom stereocenters. The summed E-state index contributed by atoms with van der Waals surface area (Å²) in [5, 5.41) is 17.9. The van der Waals surface area contributed by atoms with Crippen molar-refractivity contribution in [2.75, 3.05) is 0 Å². The quantitative estimate of drug-likeness (QED) is 0.489. The molecule has 17 heavy (non-hydrogen) atoms. The molecule has 1 aromatic carbocycles. The number of carbonyl (C=O) groups excluding carboxylic acids is 1. The summed E-state index contributed by atoms with van der Waals surface area (Å²) >= 11 is 3.25. The zero-order valence-corrected chi connectivity index (χ0v) is 9.86. The molecule has 0 aliphatic heterocycles. The number of hydrogen-bond donors (Lipinski definition) is 0. The molecule has 0 fully saturated rings. The summed E-state index contributed by atoms with van der Waals surface area (Å²) in [5.74, 6) is 0. The van der Waals surface area contributed by atoms with Crippen molar-refractivity contribution in [2.45, 2.75) is 0 Å². The van der Waals surface area contributed by atoms with E-state index >= 15 is 0 Å². The number of carbonyl (C=O) groups is 1. The molecule has 1 aromatic heterocycles. The number of non-ortho nitro benzene ring substituents is 1. The van der Waals surface area contributed by atoms with E-state index in [2.05, 4.69) is 26.2 Å². The second-order valence-corrected chi connectivity index (χ2v) is 3.95. The molecule has 0 spiro atoms. The van der Waals surface area contributed by atoms with Crippen molar-refractivity contribution in [3.8, 4) is 5.69 Å². The van der Waals surface area contributed by atoms with Gasteiger partial charge in [-0.05, 0) is 22.0 Å². The molecule has 0 amide bonds. The van der Waals surface area contributed by atoms with Crippen molar-refractivity contribution in [3.05, 3.63) is 44.7 Å². The van der Waals surface area contributed by atoms with Gasteiger partial charge in [0.05, 0.1) is 16.8 Å². The van der Waals surface area contributed by atoms with Gasteiger partial charge in [-0.3, -0.25) is 14.9 Å². The third-order valence-electron chi connectivity index (χ3n) is 2.02. The highest BCUT2D eigenvalue weighted by Gasteiger charge is 2.12. The molecular weight excluding hydrogens is 292 g/mol. The predicted octanol–water partition coefficient (Wildman–Crippen LogP) is 1.75. The lowest BCUT2D eigenvalue weighted by Crippen LogP contribution is -1.98. The highest BCUT2D eigenvalue weighted by molar-refractivity contribution is 9.10. The SMILES string of the molecule is O=Cc1cn(-c2cc([N+](=O)[O-])ccc2Br)nn1. The van der Waals surface area contributed by atoms with E-state index in [-0.39, 0.29) is 11.4 Å². The van der Waals surface area contributed by atoms with Crippen LogP contribution in [0.15, 0.2) is 28.9 Å². The van der Waals surface area contributed by atoms with E-state index in [1.54, 1.807) is 0 Å². The average molecular weight is 297 g/mol. The Bertz CT molecular complexity index is 596. The van der Waals surface area contributed by atoms with Crippen LogP contribution < -0.4 is 0 Å². The summed E-state index contributed by atoms with van der Waals surface area (Å²) in [6.45, 7) is 0. The Balaban J connectivity index is 2.53. The molecule has 8 heteroatoms. The van der Waals surface area contributed by atoms with Gasteiger partial charge in [0.15, 0.2) is 6.29 Å². The van der Waals surface area contributed by atoms with E-state index in [9.17, 15) is 14.9 Å². The van der Waals surface area contributed by atoms with Crippen molar-refractivity contribution in [3.63, 3.8) is 0 Å². The van der Waals surface area contributed by atoms with Gasteiger partial charge in [-0.1, -0.05) is 5.21 Å². The average Bonchev–Trinajstić information content (AvgIpc) is 2.77. The zero-order valence-electron chi connectivity index (χ0n) is 8.28. The molecule has 0 saturated carbocycles. The standard InChI is InChI=1S/C9H5BrN4O3/c10-8-2-1-7(14(16)17)3-9(8)13-4-6(5-15)11-12-13/h1-5H. The molecule has 2 rings (SSSR count). The van der Waals surface area contributed by atoms with Gasteiger partial charge in [0, 0.05) is 16.6 Å². The van der Waals surface area contributed by atoms with Gasteiger partial charge >= 0.3 is 0 Å². The Morgan fingerprint density at radius 1 is 1.47 bits per heavy atom. The molecule has 0 saturated heterocycles. The van der Waals surface area contributed by atoms with Gasteiger partial charge in [0.25, 0.3) is 5.69 Å². The van der Waals surface area contributed by atoms with Crippen LogP contribution in [0.4, 0.5) is 5.69 Å². The second-order valence-electron chi connectivity index (χ2n) is 3.10. The van der Waals surface area contributed by atoms with Gasteiger partial charge < -0.3 is 0 Å². The third-order valence-corrected chi connectivity index (χ3v) is 2.69. The van der Waals surface area contributed by atoms with Crippen LogP contribution in [-0.2, 0) is 0 Å². The highest BCUT2D eigenvalue weighted by atomic mass is 79.9. The summed E-state index contributed by atoms with van der Waals surface area (Å²) in [5.41, 5.74) is 0.537. The van der Waals surface area contributed by atoms with E-state index in [0.29, 0.717) is 16.4 Å². The van der Waals surface area contributed by atoms with Crippen LogP contribution in [0.3, 0.4) is 0 Å². The van der Waals surface area contributed by atoms with Gasteiger partial charge in [-0.15, -0.1) is 5.10 Å². The fraction of sp³-hybridized carbons (Fsp3) is 0. The van der Waals surface area contributed by atoms with E-state index in [4.69, 9.17) is 0 Å². The van der Waals surface area contributed by atoms with Crippen LogP contribution in [0.5, 0.6) is 0 Å². The molecule has 0 radical (unpaired) electrons.